The molecule has 6 heteroatoms. The molecule has 2 N–H and O–H groups in total. The van der Waals surface area contributed by atoms with Crippen molar-refractivity contribution in [2.24, 2.45) is 0 Å². The Balaban J connectivity index is 1.80. The summed E-state index contributed by atoms with van der Waals surface area (Å²) in [6.07, 6.45) is 0.905. The van der Waals surface area contributed by atoms with Crippen molar-refractivity contribution in [1.82, 2.24) is 15.1 Å². The number of amides is 1. The van der Waals surface area contributed by atoms with Gasteiger partial charge in [-0.3, -0.25) is 14.3 Å². The molecule has 0 aliphatic rings. The molecular formula is C19H25N3O3. The first-order chi connectivity index (χ1) is 12.0. The number of hydrogen-bond donors (Lipinski definition) is 2. The highest BCUT2D eigenvalue weighted by atomic mass is 16.4. The summed E-state index contributed by atoms with van der Waals surface area (Å²) in [5.74, 6) is -1.33. The van der Waals surface area contributed by atoms with Gasteiger partial charge in [0, 0.05) is 31.1 Å². The maximum atomic E-state index is 12.2. The highest BCUT2D eigenvalue weighted by Gasteiger charge is 2.19. The maximum Gasteiger partial charge on any atom is 0.303 e. The van der Waals surface area contributed by atoms with Crippen molar-refractivity contribution < 1.29 is 14.7 Å². The Labute approximate surface area is 147 Å². The summed E-state index contributed by atoms with van der Waals surface area (Å²) in [5.41, 5.74) is 2.97. The van der Waals surface area contributed by atoms with Crippen LogP contribution in [0.1, 0.15) is 42.1 Å². The number of hydrogen-bond acceptors (Lipinski definition) is 3. The topological polar surface area (TPSA) is 84.2 Å². The number of benzene rings is 1. The molecule has 0 aliphatic heterocycles. The normalized spacial score (nSPS) is 11.9. The van der Waals surface area contributed by atoms with Crippen LogP contribution in [0.3, 0.4) is 0 Å². The minimum Gasteiger partial charge on any atom is -0.481 e. The fourth-order valence-electron chi connectivity index (χ4n) is 2.90. The number of aliphatic carboxylic acids is 1. The summed E-state index contributed by atoms with van der Waals surface area (Å²) in [4.78, 5) is 23.2. The van der Waals surface area contributed by atoms with Crippen molar-refractivity contribution in [3.05, 3.63) is 53.3 Å². The van der Waals surface area contributed by atoms with E-state index in [1.165, 1.54) is 0 Å². The van der Waals surface area contributed by atoms with Crippen molar-refractivity contribution >= 4 is 11.9 Å². The van der Waals surface area contributed by atoms with E-state index >= 15 is 0 Å². The lowest BCUT2D eigenvalue weighted by Gasteiger charge is -2.15. The van der Waals surface area contributed by atoms with Crippen LogP contribution in [0.25, 0.3) is 0 Å². The van der Waals surface area contributed by atoms with Gasteiger partial charge in [-0.1, -0.05) is 30.3 Å². The second-order valence-corrected chi connectivity index (χ2v) is 6.26. The molecule has 0 spiro atoms. The van der Waals surface area contributed by atoms with E-state index in [1.54, 1.807) is 0 Å². The van der Waals surface area contributed by atoms with Crippen LogP contribution in [0.4, 0.5) is 0 Å². The van der Waals surface area contributed by atoms with E-state index in [0.717, 1.165) is 29.9 Å². The standard InChI is InChI=1S/C19H25N3O3/c1-14-11-15(2)22(21-14)10-6-9-20-18(23)12-17(13-19(24)25)16-7-4-3-5-8-16/h3-5,7-8,11,17H,6,9-10,12-13H2,1-2H3,(H,20,23)(H,24,25). The third kappa shape index (κ3) is 6.06. The minimum absolute atomic E-state index is 0.0524. The van der Waals surface area contributed by atoms with Crippen LogP contribution < -0.4 is 5.32 Å². The first kappa shape index (κ1) is 18.7. The average molecular weight is 343 g/mol. The highest BCUT2D eigenvalue weighted by Crippen LogP contribution is 2.23. The molecule has 0 bridgehead atoms. The molecular weight excluding hydrogens is 318 g/mol. The predicted octanol–water partition coefficient (Wildman–Crippen LogP) is 2.65. The second-order valence-electron chi connectivity index (χ2n) is 6.26. The fourth-order valence-corrected chi connectivity index (χ4v) is 2.90. The van der Waals surface area contributed by atoms with Crippen LogP contribution in [-0.2, 0) is 16.1 Å². The van der Waals surface area contributed by atoms with E-state index in [0.29, 0.717) is 6.54 Å². The zero-order chi connectivity index (χ0) is 18.2. The van der Waals surface area contributed by atoms with Crippen molar-refractivity contribution in [3.63, 3.8) is 0 Å². The molecule has 1 aromatic carbocycles. The fraction of sp³-hybridized carbons (Fsp3) is 0.421. The summed E-state index contributed by atoms with van der Waals surface area (Å²) < 4.78 is 1.93. The van der Waals surface area contributed by atoms with Gasteiger partial charge in [0.1, 0.15) is 0 Å². The Morgan fingerprint density at radius 2 is 1.92 bits per heavy atom. The van der Waals surface area contributed by atoms with Crippen LogP contribution in [0, 0.1) is 13.8 Å². The number of carboxylic acid groups (broad SMARTS) is 1. The lowest BCUT2D eigenvalue weighted by Crippen LogP contribution is -2.27. The largest absolute Gasteiger partial charge is 0.481 e. The van der Waals surface area contributed by atoms with Crippen molar-refractivity contribution in [2.45, 2.75) is 45.6 Å². The molecule has 0 aliphatic carbocycles. The SMILES string of the molecule is Cc1cc(C)n(CCCNC(=O)CC(CC(=O)O)c2ccccc2)n1. The van der Waals surface area contributed by atoms with Gasteiger partial charge in [-0.15, -0.1) is 0 Å². The Kier molecular flexibility index (Phi) is 6.74. The van der Waals surface area contributed by atoms with Crippen LogP contribution in [0.2, 0.25) is 0 Å². The van der Waals surface area contributed by atoms with Crippen LogP contribution in [0.15, 0.2) is 36.4 Å². The van der Waals surface area contributed by atoms with E-state index in [1.807, 2.05) is 54.9 Å². The Morgan fingerprint density at radius 1 is 1.20 bits per heavy atom. The predicted molar refractivity (Wildman–Crippen MR) is 95.4 cm³/mol. The number of nitrogens with zero attached hydrogens (tertiary/aromatic N) is 2. The van der Waals surface area contributed by atoms with Gasteiger partial charge in [0.05, 0.1) is 12.1 Å². The monoisotopic (exact) mass is 343 g/mol. The van der Waals surface area contributed by atoms with Crippen LogP contribution >= 0.6 is 0 Å². The Hall–Kier alpha value is -2.63. The van der Waals surface area contributed by atoms with E-state index in [2.05, 4.69) is 10.4 Å². The number of carboxylic acids is 1. The number of rotatable bonds is 9. The van der Waals surface area contributed by atoms with Crippen molar-refractivity contribution in [3.8, 4) is 0 Å². The van der Waals surface area contributed by atoms with Gasteiger partial charge < -0.3 is 10.4 Å². The van der Waals surface area contributed by atoms with Crippen molar-refractivity contribution in [2.75, 3.05) is 6.54 Å². The van der Waals surface area contributed by atoms with E-state index in [4.69, 9.17) is 5.11 Å². The molecule has 2 rings (SSSR count). The minimum atomic E-state index is -0.897. The Morgan fingerprint density at radius 3 is 2.52 bits per heavy atom. The molecule has 6 nitrogen and oxygen atoms in total. The van der Waals surface area contributed by atoms with Gasteiger partial charge in [-0.2, -0.15) is 5.10 Å². The molecule has 25 heavy (non-hydrogen) atoms. The summed E-state index contributed by atoms with van der Waals surface area (Å²) in [6, 6.07) is 11.3. The molecule has 0 saturated carbocycles. The van der Waals surface area contributed by atoms with Gasteiger partial charge in [-0.05, 0) is 31.9 Å². The molecule has 1 heterocycles. The van der Waals surface area contributed by atoms with E-state index < -0.39 is 5.97 Å². The van der Waals surface area contributed by atoms with Gasteiger partial charge in [-0.25, -0.2) is 0 Å². The van der Waals surface area contributed by atoms with Crippen molar-refractivity contribution in [1.29, 1.82) is 0 Å². The summed E-state index contributed by atoms with van der Waals surface area (Å²) in [7, 11) is 0. The van der Waals surface area contributed by atoms with Crippen LogP contribution in [0.5, 0.6) is 0 Å². The zero-order valence-electron chi connectivity index (χ0n) is 14.7. The summed E-state index contributed by atoms with van der Waals surface area (Å²) in [5, 5.41) is 16.4. The first-order valence-electron chi connectivity index (χ1n) is 8.50. The molecule has 1 amide bonds. The summed E-state index contributed by atoms with van der Waals surface area (Å²) in [6.45, 7) is 5.26. The lowest BCUT2D eigenvalue weighted by molar-refractivity contribution is -0.137. The lowest BCUT2D eigenvalue weighted by atomic mass is 9.92. The van der Waals surface area contributed by atoms with Gasteiger partial charge >= 0.3 is 5.97 Å². The van der Waals surface area contributed by atoms with E-state index in [-0.39, 0.29) is 24.7 Å². The van der Waals surface area contributed by atoms with Gasteiger partial charge in [0.2, 0.25) is 5.91 Å². The third-order valence-corrected chi connectivity index (χ3v) is 4.10. The molecule has 134 valence electrons. The molecule has 1 atom stereocenters. The number of nitrogens with one attached hydrogen (secondary N) is 1. The molecule has 0 fully saturated rings. The smallest absolute Gasteiger partial charge is 0.303 e. The van der Waals surface area contributed by atoms with Crippen LogP contribution in [-0.4, -0.2) is 33.3 Å². The van der Waals surface area contributed by atoms with Gasteiger partial charge in [0.15, 0.2) is 0 Å². The number of aryl methyl sites for hydroxylation is 3. The molecule has 0 radical (unpaired) electrons. The maximum absolute atomic E-state index is 12.2. The Bertz CT molecular complexity index is 710. The van der Waals surface area contributed by atoms with Gasteiger partial charge in [0.25, 0.3) is 0 Å². The molecule has 2 aromatic rings. The third-order valence-electron chi connectivity index (χ3n) is 4.10. The highest BCUT2D eigenvalue weighted by molar-refractivity contribution is 5.78. The second kappa shape index (κ2) is 9.01. The quantitative estimate of drug-likeness (QED) is 0.686. The molecule has 1 aromatic heterocycles. The molecule has 1 unspecified atom stereocenters. The summed E-state index contributed by atoms with van der Waals surface area (Å²) >= 11 is 0. The van der Waals surface area contributed by atoms with E-state index in [9.17, 15) is 9.59 Å². The number of carbonyl (C=O) groups excluding carboxylic acids is 1. The number of carbonyl (C=O) groups is 2. The average Bonchev–Trinajstić information content (AvgIpc) is 2.89. The molecule has 0 saturated heterocycles. The zero-order valence-corrected chi connectivity index (χ0v) is 14.7. The first-order valence-corrected chi connectivity index (χ1v) is 8.50. The number of aromatic nitrogens is 2.